The van der Waals surface area contributed by atoms with Crippen LogP contribution >= 0.6 is 0 Å². The standard InChI is InChI=1S/C16H30N2O/c1-13(2)11-16(7-3-4-8-16)12-18-15(19)10-14-6-5-9-17-14/h13-14,17H,3-12H2,1-2H3,(H,18,19). The average Bonchev–Trinajstić information content (AvgIpc) is 2.98. The van der Waals surface area contributed by atoms with Gasteiger partial charge >= 0.3 is 0 Å². The van der Waals surface area contributed by atoms with E-state index in [0.717, 1.165) is 25.4 Å². The molecule has 1 aliphatic carbocycles. The normalized spacial score (nSPS) is 25.9. The van der Waals surface area contributed by atoms with Gasteiger partial charge in [0.2, 0.25) is 5.91 Å². The van der Waals surface area contributed by atoms with Gasteiger partial charge in [0.15, 0.2) is 0 Å². The van der Waals surface area contributed by atoms with Crippen molar-refractivity contribution in [3.8, 4) is 0 Å². The molecule has 1 aliphatic heterocycles. The Balaban J connectivity index is 1.76. The smallest absolute Gasteiger partial charge is 0.221 e. The Morgan fingerprint density at radius 2 is 2.05 bits per heavy atom. The van der Waals surface area contributed by atoms with Gasteiger partial charge in [-0.15, -0.1) is 0 Å². The Kier molecular flexibility index (Phi) is 5.26. The summed E-state index contributed by atoms with van der Waals surface area (Å²) in [5.74, 6) is 0.973. The summed E-state index contributed by atoms with van der Waals surface area (Å²) in [7, 11) is 0. The zero-order chi connectivity index (χ0) is 13.7. The van der Waals surface area contributed by atoms with Crippen molar-refractivity contribution < 1.29 is 4.79 Å². The monoisotopic (exact) mass is 266 g/mol. The van der Waals surface area contributed by atoms with Crippen molar-refractivity contribution in [1.82, 2.24) is 10.6 Å². The molecule has 0 aromatic heterocycles. The van der Waals surface area contributed by atoms with E-state index in [4.69, 9.17) is 0 Å². The lowest BCUT2D eigenvalue weighted by Crippen LogP contribution is -2.39. The third-order valence-electron chi connectivity index (χ3n) is 4.76. The molecule has 1 saturated heterocycles. The quantitative estimate of drug-likeness (QED) is 0.776. The van der Waals surface area contributed by atoms with Crippen LogP contribution in [0.3, 0.4) is 0 Å². The summed E-state index contributed by atoms with van der Waals surface area (Å²) < 4.78 is 0. The third kappa shape index (κ3) is 4.48. The van der Waals surface area contributed by atoms with Crippen molar-refractivity contribution >= 4 is 5.91 Å². The summed E-state index contributed by atoms with van der Waals surface area (Å²) in [5, 5.41) is 6.62. The van der Waals surface area contributed by atoms with E-state index in [1.54, 1.807) is 0 Å². The predicted molar refractivity (Wildman–Crippen MR) is 79.0 cm³/mol. The molecule has 1 unspecified atom stereocenters. The van der Waals surface area contributed by atoms with E-state index in [-0.39, 0.29) is 5.91 Å². The Bertz CT molecular complexity index is 289. The topological polar surface area (TPSA) is 41.1 Å². The maximum Gasteiger partial charge on any atom is 0.221 e. The zero-order valence-electron chi connectivity index (χ0n) is 12.6. The van der Waals surface area contributed by atoms with E-state index >= 15 is 0 Å². The Morgan fingerprint density at radius 1 is 1.32 bits per heavy atom. The Hall–Kier alpha value is -0.570. The molecular weight excluding hydrogens is 236 g/mol. The first-order valence-corrected chi connectivity index (χ1v) is 8.10. The summed E-state index contributed by atoms with van der Waals surface area (Å²) in [6.45, 7) is 6.57. The minimum absolute atomic E-state index is 0.245. The number of carbonyl (C=O) groups is 1. The maximum atomic E-state index is 12.0. The molecule has 0 aromatic rings. The first-order valence-electron chi connectivity index (χ1n) is 8.10. The largest absolute Gasteiger partial charge is 0.355 e. The van der Waals surface area contributed by atoms with Crippen molar-refractivity contribution in [1.29, 1.82) is 0 Å². The lowest BCUT2D eigenvalue weighted by molar-refractivity contribution is -0.122. The number of hydrogen-bond acceptors (Lipinski definition) is 2. The van der Waals surface area contributed by atoms with Crippen LogP contribution in [-0.4, -0.2) is 25.0 Å². The molecule has 2 rings (SSSR count). The van der Waals surface area contributed by atoms with Gasteiger partial charge in [-0.1, -0.05) is 26.7 Å². The number of carbonyl (C=O) groups excluding carboxylic acids is 1. The van der Waals surface area contributed by atoms with Gasteiger partial charge < -0.3 is 10.6 Å². The maximum absolute atomic E-state index is 12.0. The van der Waals surface area contributed by atoms with E-state index in [1.165, 1.54) is 38.5 Å². The molecule has 2 N–H and O–H groups in total. The van der Waals surface area contributed by atoms with Crippen LogP contribution in [0.5, 0.6) is 0 Å². The molecule has 0 radical (unpaired) electrons. The molecule has 110 valence electrons. The molecule has 3 heteroatoms. The van der Waals surface area contributed by atoms with Crippen LogP contribution in [0, 0.1) is 11.3 Å². The molecule has 1 saturated carbocycles. The molecule has 3 nitrogen and oxygen atoms in total. The van der Waals surface area contributed by atoms with E-state index in [1.807, 2.05) is 0 Å². The van der Waals surface area contributed by atoms with Gasteiger partial charge in [0.25, 0.3) is 0 Å². The SMILES string of the molecule is CC(C)CC1(CNC(=O)CC2CCCN2)CCCC1. The van der Waals surface area contributed by atoms with Gasteiger partial charge in [0, 0.05) is 19.0 Å². The lowest BCUT2D eigenvalue weighted by atomic mass is 9.78. The number of amides is 1. The third-order valence-corrected chi connectivity index (χ3v) is 4.76. The second-order valence-corrected chi connectivity index (χ2v) is 7.08. The van der Waals surface area contributed by atoms with Crippen LogP contribution in [0.15, 0.2) is 0 Å². The Labute approximate surface area is 117 Å². The van der Waals surface area contributed by atoms with Crippen molar-refractivity contribution in [2.45, 2.75) is 71.3 Å². The molecule has 1 atom stereocenters. The van der Waals surface area contributed by atoms with Crippen LogP contribution in [0.25, 0.3) is 0 Å². The molecule has 0 aromatic carbocycles. The summed E-state index contributed by atoms with van der Waals surface area (Å²) in [6.07, 6.45) is 9.58. The van der Waals surface area contributed by atoms with Crippen LogP contribution in [-0.2, 0) is 4.79 Å². The summed E-state index contributed by atoms with van der Waals surface area (Å²) in [4.78, 5) is 12.0. The first-order chi connectivity index (χ1) is 9.10. The second-order valence-electron chi connectivity index (χ2n) is 7.08. The highest BCUT2D eigenvalue weighted by molar-refractivity contribution is 5.76. The van der Waals surface area contributed by atoms with Crippen LogP contribution < -0.4 is 10.6 Å². The minimum atomic E-state index is 0.245. The van der Waals surface area contributed by atoms with E-state index < -0.39 is 0 Å². The molecule has 19 heavy (non-hydrogen) atoms. The number of rotatable bonds is 6. The van der Waals surface area contributed by atoms with E-state index in [0.29, 0.717) is 17.9 Å². The summed E-state index contributed by atoms with van der Waals surface area (Å²) in [6, 6.07) is 0.421. The van der Waals surface area contributed by atoms with Gasteiger partial charge in [-0.2, -0.15) is 0 Å². The molecule has 2 aliphatic rings. The first kappa shape index (κ1) is 14.8. The fraction of sp³-hybridized carbons (Fsp3) is 0.938. The lowest BCUT2D eigenvalue weighted by Gasteiger charge is -2.31. The van der Waals surface area contributed by atoms with Crippen LogP contribution in [0.2, 0.25) is 0 Å². The molecule has 2 fully saturated rings. The van der Waals surface area contributed by atoms with Crippen LogP contribution in [0.1, 0.15) is 65.2 Å². The zero-order valence-corrected chi connectivity index (χ0v) is 12.6. The average molecular weight is 266 g/mol. The fourth-order valence-electron chi connectivity index (χ4n) is 3.96. The molecule has 1 amide bonds. The van der Waals surface area contributed by atoms with Crippen molar-refractivity contribution in [3.05, 3.63) is 0 Å². The summed E-state index contributed by atoms with van der Waals surface area (Å²) >= 11 is 0. The Morgan fingerprint density at radius 3 is 2.63 bits per heavy atom. The number of hydrogen-bond donors (Lipinski definition) is 2. The van der Waals surface area contributed by atoms with Crippen molar-refractivity contribution in [2.24, 2.45) is 11.3 Å². The van der Waals surface area contributed by atoms with Crippen molar-refractivity contribution in [2.75, 3.05) is 13.1 Å². The molecular formula is C16H30N2O. The summed E-state index contributed by atoms with van der Waals surface area (Å²) in [5.41, 5.74) is 0.396. The van der Waals surface area contributed by atoms with E-state index in [9.17, 15) is 4.79 Å². The highest BCUT2D eigenvalue weighted by atomic mass is 16.1. The highest BCUT2D eigenvalue weighted by Gasteiger charge is 2.34. The van der Waals surface area contributed by atoms with Gasteiger partial charge in [-0.05, 0) is 50.0 Å². The van der Waals surface area contributed by atoms with Crippen molar-refractivity contribution in [3.63, 3.8) is 0 Å². The highest BCUT2D eigenvalue weighted by Crippen LogP contribution is 2.42. The molecule has 0 spiro atoms. The van der Waals surface area contributed by atoms with Gasteiger partial charge in [-0.3, -0.25) is 4.79 Å². The molecule has 1 heterocycles. The van der Waals surface area contributed by atoms with Gasteiger partial charge in [-0.25, -0.2) is 0 Å². The van der Waals surface area contributed by atoms with Gasteiger partial charge in [0.1, 0.15) is 0 Å². The fourth-order valence-corrected chi connectivity index (χ4v) is 3.96. The second kappa shape index (κ2) is 6.74. The number of nitrogens with one attached hydrogen (secondary N) is 2. The predicted octanol–water partition coefficient (Wildman–Crippen LogP) is 2.85. The van der Waals surface area contributed by atoms with Gasteiger partial charge in [0.05, 0.1) is 0 Å². The minimum Gasteiger partial charge on any atom is -0.355 e. The van der Waals surface area contributed by atoms with E-state index in [2.05, 4.69) is 24.5 Å². The van der Waals surface area contributed by atoms with Crippen LogP contribution in [0.4, 0.5) is 0 Å². The molecule has 0 bridgehead atoms.